The molecule has 1 fully saturated rings. The molecule has 0 heterocycles. The van der Waals surface area contributed by atoms with Gasteiger partial charge in [0.15, 0.2) is 0 Å². The highest BCUT2D eigenvalue weighted by atomic mass is 79.9. The van der Waals surface area contributed by atoms with Gasteiger partial charge in [0.1, 0.15) is 5.82 Å². The van der Waals surface area contributed by atoms with Crippen molar-refractivity contribution in [1.82, 2.24) is 0 Å². The van der Waals surface area contributed by atoms with Gasteiger partial charge in [-0.1, -0.05) is 6.07 Å². The van der Waals surface area contributed by atoms with E-state index < -0.39 is 5.54 Å². The van der Waals surface area contributed by atoms with Crippen molar-refractivity contribution in [3.05, 3.63) is 45.5 Å². The molecule has 0 aromatic heterocycles. The van der Waals surface area contributed by atoms with Crippen molar-refractivity contribution < 1.29 is 4.39 Å². The molecule has 0 atom stereocenters. The molecule has 1 aromatic carbocycles. The molecular weight excluding hydrogens is 233 g/mol. The highest BCUT2D eigenvalue weighted by Crippen LogP contribution is 2.50. The molecule has 0 saturated heterocycles. The average molecular weight is 240 g/mol. The molecule has 1 aliphatic carbocycles. The topological polar surface area (TPSA) is 4.36 Å². The maximum Gasteiger partial charge on any atom is 0.261 e. The van der Waals surface area contributed by atoms with E-state index in [-0.39, 0.29) is 5.82 Å². The van der Waals surface area contributed by atoms with Gasteiger partial charge in [0.25, 0.3) is 5.54 Å². The molecule has 2 rings (SSSR count). The molecule has 0 bridgehead atoms. The predicted molar refractivity (Wildman–Crippen MR) is 51.6 cm³/mol. The van der Waals surface area contributed by atoms with Crippen molar-refractivity contribution >= 4 is 15.9 Å². The minimum atomic E-state index is -0.548. The van der Waals surface area contributed by atoms with Gasteiger partial charge in [0.2, 0.25) is 0 Å². The lowest BCUT2D eigenvalue weighted by molar-refractivity contribution is 0.590. The van der Waals surface area contributed by atoms with Crippen molar-refractivity contribution in [3.8, 4) is 0 Å². The summed E-state index contributed by atoms with van der Waals surface area (Å²) in [5, 5.41) is 0. The van der Waals surface area contributed by atoms with Crippen LogP contribution >= 0.6 is 15.9 Å². The maximum atomic E-state index is 13.5. The van der Waals surface area contributed by atoms with E-state index in [1.165, 1.54) is 0 Å². The molecule has 1 aromatic rings. The van der Waals surface area contributed by atoms with E-state index in [2.05, 4.69) is 20.8 Å². The summed E-state index contributed by atoms with van der Waals surface area (Å²) in [5.74, 6) is -0.281. The standard InChI is InChI=1S/C10H7BrFN/c1-13-10(5-6-10)7-3-2-4-8(11)9(7)12/h2-4H,5-6H2. The summed E-state index contributed by atoms with van der Waals surface area (Å²) in [5.41, 5.74) is -0.00898. The number of rotatable bonds is 1. The summed E-state index contributed by atoms with van der Waals surface area (Å²) in [6.45, 7) is 7.02. The van der Waals surface area contributed by atoms with Crippen LogP contribution in [0.1, 0.15) is 18.4 Å². The Balaban J connectivity index is 2.54. The van der Waals surface area contributed by atoms with E-state index in [0.29, 0.717) is 10.0 Å². The molecular formula is C10H7BrFN. The van der Waals surface area contributed by atoms with E-state index in [1.807, 2.05) is 0 Å². The van der Waals surface area contributed by atoms with Crippen LogP contribution in [0.5, 0.6) is 0 Å². The first kappa shape index (κ1) is 8.71. The van der Waals surface area contributed by atoms with Crippen LogP contribution in [0.15, 0.2) is 22.7 Å². The van der Waals surface area contributed by atoms with Crippen molar-refractivity contribution in [2.24, 2.45) is 0 Å². The molecule has 1 saturated carbocycles. The van der Waals surface area contributed by atoms with Gasteiger partial charge < -0.3 is 4.85 Å². The summed E-state index contributed by atoms with van der Waals surface area (Å²) in [6.07, 6.45) is 1.56. The SMILES string of the molecule is [C-]#[N+]C1(c2cccc(Br)c2F)CC1. The highest BCUT2D eigenvalue weighted by molar-refractivity contribution is 9.10. The number of benzene rings is 1. The lowest BCUT2D eigenvalue weighted by Crippen LogP contribution is -2.03. The summed E-state index contributed by atoms with van der Waals surface area (Å²) in [4.78, 5) is 3.49. The molecule has 0 spiro atoms. The highest BCUT2D eigenvalue weighted by Gasteiger charge is 2.54. The largest absolute Gasteiger partial charge is 0.305 e. The number of nitrogens with zero attached hydrogens (tertiary/aromatic N) is 1. The van der Waals surface area contributed by atoms with Gasteiger partial charge in [0.05, 0.1) is 10.0 Å². The summed E-state index contributed by atoms with van der Waals surface area (Å²) in [6, 6.07) is 5.12. The van der Waals surface area contributed by atoms with Crippen LogP contribution in [0.2, 0.25) is 0 Å². The summed E-state index contributed by atoms with van der Waals surface area (Å²) in [7, 11) is 0. The Bertz CT molecular complexity index is 390. The fraction of sp³-hybridized carbons (Fsp3) is 0.300. The molecule has 1 aliphatic rings. The molecule has 66 valence electrons. The molecule has 0 N–H and O–H groups in total. The van der Waals surface area contributed by atoms with Gasteiger partial charge in [0, 0.05) is 12.8 Å². The Kier molecular flexibility index (Phi) is 1.88. The van der Waals surface area contributed by atoms with Gasteiger partial charge in [-0.25, -0.2) is 11.0 Å². The van der Waals surface area contributed by atoms with Crippen LogP contribution in [0, 0.1) is 12.4 Å². The monoisotopic (exact) mass is 239 g/mol. The molecule has 3 heteroatoms. The van der Waals surface area contributed by atoms with Crippen LogP contribution in [0.25, 0.3) is 4.85 Å². The zero-order valence-corrected chi connectivity index (χ0v) is 8.44. The Morgan fingerprint density at radius 2 is 2.15 bits per heavy atom. The molecule has 0 unspecified atom stereocenters. The van der Waals surface area contributed by atoms with Crippen LogP contribution < -0.4 is 0 Å². The maximum absolute atomic E-state index is 13.5. The normalized spacial score (nSPS) is 17.9. The molecule has 13 heavy (non-hydrogen) atoms. The fourth-order valence-electron chi connectivity index (χ4n) is 1.42. The molecule has 0 aliphatic heterocycles. The van der Waals surface area contributed by atoms with Crippen molar-refractivity contribution in [3.63, 3.8) is 0 Å². The predicted octanol–water partition coefficient (Wildman–Crippen LogP) is 3.50. The van der Waals surface area contributed by atoms with Gasteiger partial charge in [-0.15, -0.1) is 0 Å². The number of halogens is 2. The van der Waals surface area contributed by atoms with E-state index in [1.54, 1.807) is 18.2 Å². The van der Waals surface area contributed by atoms with Crippen LogP contribution in [0.3, 0.4) is 0 Å². The quantitative estimate of drug-likeness (QED) is 0.661. The number of hydrogen-bond acceptors (Lipinski definition) is 0. The Hall–Kier alpha value is -0.880. The number of hydrogen-bond donors (Lipinski definition) is 0. The van der Waals surface area contributed by atoms with E-state index in [4.69, 9.17) is 6.57 Å². The lowest BCUT2D eigenvalue weighted by Gasteiger charge is -2.04. The zero-order chi connectivity index (χ0) is 9.47. The van der Waals surface area contributed by atoms with Crippen molar-refractivity contribution in [2.45, 2.75) is 18.4 Å². The third-order valence-electron chi connectivity index (χ3n) is 2.39. The van der Waals surface area contributed by atoms with E-state index in [0.717, 1.165) is 12.8 Å². The second-order valence-electron chi connectivity index (χ2n) is 3.24. The van der Waals surface area contributed by atoms with Crippen LogP contribution in [0.4, 0.5) is 4.39 Å². The smallest absolute Gasteiger partial charge is 0.261 e. The first-order chi connectivity index (χ1) is 6.19. The Labute approximate surface area is 84.5 Å². The lowest BCUT2D eigenvalue weighted by atomic mass is 10.1. The fourth-order valence-corrected chi connectivity index (χ4v) is 1.79. The van der Waals surface area contributed by atoms with E-state index in [9.17, 15) is 4.39 Å². The summed E-state index contributed by atoms with van der Waals surface area (Å²) >= 11 is 3.12. The molecule has 0 amide bonds. The van der Waals surface area contributed by atoms with Gasteiger partial charge in [-0.2, -0.15) is 0 Å². The van der Waals surface area contributed by atoms with Crippen LogP contribution in [-0.2, 0) is 5.54 Å². The molecule has 1 nitrogen and oxygen atoms in total. The Morgan fingerprint density at radius 1 is 1.46 bits per heavy atom. The van der Waals surface area contributed by atoms with Gasteiger partial charge >= 0.3 is 0 Å². The minimum Gasteiger partial charge on any atom is -0.305 e. The van der Waals surface area contributed by atoms with Gasteiger partial charge in [-0.3, -0.25) is 0 Å². The van der Waals surface area contributed by atoms with Gasteiger partial charge in [-0.05, 0) is 28.1 Å². The van der Waals surface area contributed by atoms with Crippen molar-refractivity contribution in [1.29, 1.82) is 0 Å². The summed E-state index contributed by atoms with van der Waals surface area (Å²) < 4.78 is 14.0. The third-order valence-corrected chi connectivity index (χ3v) is 3.00. The minimum absolute atomic E-state index is 0.281. The second kappa shape index (κ2) is 2.81. The third kappa shape index (κ3) is 1.26. The first-order valence-corrected chi connectivity index (χ1v) is 4.82. The van der Waals surface area contributed by atoms with E-state index >= 15 is 0 Å². The van der Waals surface area contributed by atoms with Crippen molar-refractivity contribution in [2.75, 3.05) is 0 Å². The zero-order valence-electron chi connectivity index (χ0n) is 6.85. The average Bonchev–Trinajstić information content (AvgIpc) is 2.90. The second-order valence-corrected chi connectivity index (χ2v) is 4.10. The first-order valence-electron chi connectivity index (χ1n) is 4.03. The Morgan fingerprint density at radius 3 is 2.69 bits per heavy atom. The molecule has 0 radical (unpaired) electrons. The van der Waals surface area contributed by atoms with Crippen LogP contribution in [-0.4, -0.2) is 0 Å².